The lowest BCUT2D eigenvalue weighted by Gasteiger charge is -2.09. The van der Waals surface area contributed by atoms with Crippen molar-refractivity contribution >= 4 is 50.9 Å². The summed E-state index contributed by atoms with van der Waals surface area (Å²) in [5.41, 5.74) is 0.562. The Labute approximate surface area is 133 Å². The van der Waals surface area contributed by atoms with Crippen molar-refractivity contribution < 1.29 is 14.6 Å². The minimum absolute atomic E-state index is 0.407. The zero-order chi connectivity index (χ0) is 14.5. The average Bonchev–Trinajstić information content (AvgIpc) is 2.81. The number of hydrogen-bond donors (Lipinski definition) is 1. The highest BCUT2D eigenvalue weighted by molar-refractivity contribution is 9.11. The van der Waals surface area contributed by atoms with Crippen LogP contribution in [0.4, 0.5) is 0 Å². The first-order valence-corrected chi connectivity index (χ1v) is 7.61. The maximum absolute atomic E-state index is 10.6. The number of hydrogen-bond acceptors (Lipinski definition) is 3. The summed E-state index contributed by atoms with van der Waals surface area (Å²) in [5, 5.41) is 9.14. The minimum atomic E-state index is -1.03. The Bertz CT molecular complexity index is 652. The Morgan fingerprint density at radius 2 is 2.20 bits per heavy atom. The Morgan fingerprint density at radius 1 is 1.40 bits per heavy atom. The number of halogens is 2. The summed E-state index contributed by atoms with van der Waals surface area (Å²) in [4.78, 5) is 11.7. The summed E-state index contributed by atoms with van der Waals surface area (Å²) in [6, 6.07) is 9.13. The summed E-state index contributed by atoms with van der Waals surface area (Å²) in [7, 11) is 0. The molecular weight excluding hydrogens is 364 g/mol. The van der Waals surface area contributed by atoms with Crippen molar-refractivity contribution in [3.63, 3.8) is 0 Å². The maximum atomic E-state index is 10.6. The van der Waals surface area contributed by atoms with E-state index in [1.165, 1.54) is 6.08 Å². The highest BCUT2D eigenvalue weighted by atomic mass is 79.9. The van der Waals surface area contributed by atoms with E-state index in [1.807, 2.05) is 12.1 Å². The molecule has 0 spiro atoms. The van der Waals surface area contributed by atoms with Gasteiger partial charge >= 0.3 is 5.97 Å². The van der Waals surface area contributed by atoms with Gasteiger partial charge in [0.05, 0.1) is 8.81 Å². The first-order valence-electron chi connectivity index (χ1n) is 5.63. The van der Waals surface area contributed by atoms with E-state index in [2.05, 4.69) is 15.9 Å². The molecule has 0 atom stereocenters. The maximum Gasteiger partial charge on any atom is 0.328 e. The molecule has 0 aliphatic heterocycles. The molecular formula is C14H10BrClO3S. The van der Waals surface area contributed by atoms with Gasteiger partial charge < -0.3 is 9.84 Å². The van der Waals surface area contributed by atoms with Crippen molar-refractivity contribution in [2.45, 2.75) is 6.61 Å². The van der Waals surface area contributed by atoms with Crippen LogP contribution in [0.15, 0.2) is 40.2 Å². The lowest BCUT2D eigenvalue weighted by atomic mass is 10.2. The van der Waals surface area contributed by atoms with E-state index in [0.29, 0.717) is 22.9 Å². The molecule has 3 nitrogen and oxygen atoms in total. The molecule has 6 heteroatoms. The van der Waals surface area contributed by atoms with Gasteiger partial charge in [-0.15, -0.1) is 11.3 Å². The van der Waals surface area contributed by atoms with Gasteiger partial charge in [0.25, 0.3) is 0 Å². The number of aliphatic carboxylic acids is 1. The van der Waals surface area contributed by atoms with Gasteiger partial charge in [-0.05, 0) is 46.3 Å². The summed E-state index contributed by atoms with van der Waals surface area (Å²) in [5.74, 6) is -0.474. The molecule has 20 heavy (non-hydrogen) atoms. The third-order valence-corrected chi connectivity index (χ3v) is 4.33. The fourth-order valence-electron chi connectivity index (χ4n) is 1.54. The zero-order valence-corrected chi connectivity index (χ0v) is 13.3. The smallest absolute Gasteiger partial charge is 0.328 e. The van der Waals surface area contributed by atoms with Gasteiger partial charge in [0.1, 0.15) is 12.4 Å². The fourth-order valence-corrected chi connectivity index (χ4v) is 3.16. The summed E-state index contributed by atoms with van der Waals surface area (Å²) >= 11 is 11.0. The molecule has 0 saturated heterocycles. The lowest BCUT2D eigenvalue weighted by Crippen LogP contribution is -1.96. The van der Waals surface area contributed by atoms with E-state index in [-0.39, 0.29) is 0 Å². The van der Waals surface area contributed by atoms with Crippen molar-refractivity contribution in [2.24, 2.45) is 0 Å². The normalized spacial score (nSPS) is 10.9. The molecule has 1 aromatic heterocycles. The van der Waals surface area contributed by atoms with E-state index in [9.17, 15) is 4.79 Å². The van der Waals surface area contributed by atoms with Crippen LogP contribution in [0.5, 0.6) is 5.75 Å². The van der Waals surface area contributed by atoms with E-state index in [0.717, 1.165) is 14.7 Å². The quantitative estimate of drug-likeness (QED) is 0.763. The number of thiophene rings is 1. The van der Waals surface area contributed by atoms with E-state index in [4.69, 9.17) is 21.4 Å². The van der Waals surface area contributed by atoms with Crippen molar-refractivity contribution in [2.75, 3.05) is 0 Å². The van der Waals surface area contributed by atoms with Crippen LogP contribution in [0.1, 0.15) is 10.4 Å². The molecule has 0 aliphatic carbocycles. The average molecular weight is 374 g/mol. The second-order valence-corrected chi connectivity index (χ2v) is 6.77. The SMILES string of the molecule is O=C(O)/C=C/c1c(Cl)cccc1OCc1ccc(Br)s1. The van der Waals surface area contributed by atoms with Crippen LogP contribution in [-0.4, -0.2) is 11.1 Å². The second kappa shape index (κ2) is 6.92. The predicted octanol–water partition coefficient (Wildman–Crippen LogP) is 4.84. The van der Waals surface area contributed by atoms with Gasteiger partial charge in [-0.3, -0.25) is 0 Å². The third kappa shape index (κ3) is 4.10. The minimum Gasteiger partial charge on any atom is -0.487 e. The van der Waals surface area contributed by atoms with Crippen LogP contribution in [0.25, 0.3) is 6.08 Å². The van der Waals surface area contributed by atoms with Crippen molar-refractivity contribution in [3.8, 4) is 5.75 Å². The molecule has 0 aliphatic rings. The van der Waals surface area contributed by atoms with Crippen molar-refractivity contribution in [1.82, 2.24) is 0 Å². The number of benzene rings is 1. The van der Waals surface area contributed by atoms with E-state index in [1.54, 1.807) is 29.5 Å². The molecule has 1 N–H and O–H groups in total. The predicted molar refractivity (Wildman–Crippen MR) is 84.5 cm³/mol. The molecule has 1 heterocycles. The molecule has 1 aromatic carbocycles. The van der Waals surface area contributed by atoms with Crippen LogP contribution >= 0.6 is 38.9 Å². The lowest BCUT2D eigenvalue weighted by molar-refractivity contribution is -0.131. The molecule has 0 saturated carbocycles. The van der Waals surface area contributed by atoms with Gasteiger partial charge in [0.15, 0.2) is 0 Å². The van der Waals surface area contributed by atoms with Gasteiger partial charge in [0, 0.05) is 16.5 Å². The molecule has 0 unspecified atom stereocenters. The van der Waals surface area contributed by atoms with Crippen LogP contribution < -0.4 is 4.74 Å². The number of ether oxygens (including phenoxy) is 1. The van der Waals surface area contributed by atoms with E-state index >= 15 is 0 Å². The number of carboxylic acid groups (broad SMARTS) is 1. The third-order valence-electron chi connectivity index (χ3n) is 2.40. The number of rotatable bonds is 5. The van der Waals surface area contributed by atoms with Gasteiger partial charge in [0.2, 0.25) is 0 Å². The molecule has 2 aromatic rings. The highest BCUT2D eigenvalue weighted by Crippen LogP contribution is 2.29. The highest BCUT2D eigenvalue weighted by Gasteiger charge is 2.07. The summed E-state index contributed by atoms with van der Waals surface area (Å²) in [6.45, 7) is 0.407. The number of carboxylic acids is 1. The van der Waals surface area contributed by atoms with Gasteiger partial charge in [-0.25, -0.2) is 4.79 Å². The molecule has 0 bridgehead atoms. The van der Waals surface area contributed by atoms with Crippen LogP contribution in [0.2, 0.25) is 5.02 Å². The Kier molecular flexibility index (Phi) is 5.23. The standard InChI is InChI=1S/C14H10BrClO3S/c15-13-6-4-9(20-13)8-19-12-3-1-2-11(16)10(12)5-7-14(17)18/h1-7H,8H2,(H,17,18)/b7-5+. The second-order valence-electron chi connectivity index (χ2n) is 3.82. The first kappa shape index (κ1) is 15.1. The number of carbonyl (C=O) groups is 1. The summed E-state index contributed by atoms with van der Waals surface area (Å²) < 4.78 is 6.75. The fraction of sp³-hybridized carbons (Fsp3) is 0.0714. The summed E-state index contributed by atoms with van der Waals surface area (Å²) in [6.07, 6.45) is 2.47. The van der Waals surface area contributed by atoms with Crippen LogP contribution in [-0.2, 0) is 11.4 Å². The first-order chi connectivity index (χ1) is 9.56. The molecule has 0 amide bonds. The van der Waals surface area contributed by atoms with Crippen LogP contribution in [0, 0.1) is 0 Å². The van der Waals surface area contributed by atoms with Crippen LogP contribution in [0.3, 0.4) is 0 Å². The topological polar surface area (TPSA) is 46.5 Å². The Morgan fingerprint density at radius 3 is 2.85 bits per heavy atom. The molecule has 0 fully saturated rings. The molecule has 0 radical (unpaired) electrons. The van der Waals surface area contributed by atoms with Gasteiger partial charge in [-0.2, -0.15) is 0 Å². The van der Waals surface area contributed by atoms with Gasteiger partial charge in [-0.1, -0.05) is 17.7 Å². The largest absolute Gasteiger partial charge is 0.487 e. The zero-order valence-electron chi connectivity index (χ0n) is 10.2. The molecule has 104 valence electrons. The van der Waals surface area contributed by atoms with E-state index < -0.39 is 5.97 Å². The monoisotopic (exact) mass is 372 g/mol. The van der Waals surface area contributed by atoms with Crippen molar-refractivity contribution in [1.29, 1.82) is 0 Å². The van der Waals surface area contributed by atoms with Crippen molar-refractivity contribution in [3.05, 3.63) is 55.7 Å². The molecule has 2 rings (SSSR count). The Hall–Kier alpha value is -1.30. The Balaban J connectivity index is 2.18.